The number of carbonyl (C=O) groups is 1. The minimum atomic E-state index is -0.167. The maximum absolute atomic E-state index is 11.9. The van der Waals surface area contributed by atoms with Gasteiger partial charge in [0.25, 0.3) is 5.91 Å². The van der Waals surface area contributed by atoms with E-state index < -0.39 is 0 Å². The fourth-order valence-corrected chi connectivity index (χ4v) is 3.54. The fraction of sp³-hybridized carbons (Fsp3) is 0.158. The minimum absolute atomic E-state index is 0.167. The zero-order chi connectivity index (χ0) is 18.5. The molecule has 3 aromatic rings. The van der Waals surface area contributed by atoms with Crippen molar-refractivity contribution in [3.05, 3.63) is 69.1 Å². The van der Waals surface area contributed by atoms with Gasteiger partial charge >= 0.3 is 0 Å². The first-order valence-electron chi connectivity index (χ1n) is 7.97. The van der Waals surface area contributed by atoms with Crippen LogP contribution in [0.15, 0.2) is 47.8 Å². The van der Waals surface area contributed by atoms with E-state index in [0.29, 0.717) is 34.6 Å². The van der Waals surface area contributed by atoms with E-state index in [2.05, 4.69) is 10.3 Å². The molecule has 0 saturated carbocycles. The van der Waals surface area contributed by atoms with Crippen molar-refractivity contribution in [2.45, 2.75) is 13.5 Å². The lowest BCUT2D eigenvalue weighted by Gasteiger charge is -2.09. The molecular formula is C19H16Cl2N2O2S. The van der Waals surface area contributed by atoms with Crippen molar-refractivity contribution in [1.29, 1.82) is 0 Å². The van der Waals surface area contributed by atoms with Crippen molar-refractivity contribution >= 4 is 40.4 Å². The Hall–Kier alpha value is -2.08. The third-order valence-corrected chi connectivity index (χ3v) is 5.04. The molecule has 0 unspecified atom stereocenters. The smallest absolute Gasteiger partial charge is 0.270 e. The summed E-state index contributed by atoms with van der Waals surface area (Å²) in [6, 6.07) is 12.9. The van der Waals surface area contributed by atoms with E-state index in [1.165, 1.54) is 11.3 Å². The van der Waals surface area contributed by atoms with Crippen LogP contribution in [0.4, 0.5) is 0 Å². The third-order valence-electron chi connectivity index (χ3n) is 3.56. The average Bonchev–Trinajstić information content (AvgIpc) is 3.12. The molecule has 0 aliphatic heterocycles. The summed E-state index contributed by atoms with van der Waals surface area (Å²) in [6.07, 6.45) is 0. The van der Waals surface area contributed by atoms with E-state index in [1.807, 2.05) is 37.3 Å². The molecule has 1 N–H and O–H groups in total. The van der Waals surface area contributed by atoms with Crippen LogP contribution in [-0.4, -0.2) is 17.4 Å². The van der Waals surface area contributed by atoms with E-state index in [1.54, 1.807) is 17.5 Å². The van der Waals surface area contributed by atoms with E-state index in [9.17, 15) is 4.79 Å². The van der Waals surface area contributed by atoms with E-state index in [0.717, 1.165) is 16.1 Å². The van der Waals surface area contributed by atoms with Crippen LogP contribution in [0.3, 0.4) is 0 Å². The number of hydrogen-bond donors (Lipinski definition) is 1. The number of halogens is 2. The van der Waals surface area contributed by atoms with Crippen LogP contribution in [0, 0.1) is 0 Å². The average molecular weight is 407 g/mol. The van der Waals surface area contributed by atoms with E-state index in [-0.39, 0.29) is 5.91 Å². The summed E-state index contributed by atoms with van der Waals surface area (Å²) < 4.78 is 5.84. The van der Waals surface area contributed by atoms with Gasteiger partial charge in [-0.05, 0) is 31.2 Å². The highest BCUT2D eigenvalue weighted by atomic mass is 35.5. The first-order valence-corrected chi connectivity index (χ1v) is 9.61. The number of ether oxygens (including phenoxy) is 1. The molecule has 0 aliphatic carbocycles. The first kappa shape index (κ1) is 18.7. The van der Waals surface area contributed by atoms with E-state index in [4.69, 9.17) is 27.9 Å². The molecule has 0 aliphatic rings. The summed E-state index contributed by atoms with van der Waals surface area (Å²) in [6.45, 7) is 2.78. The van der Waals surface area contributed by atoms with Gasteiger partial charge in [0.05, 0.1) is 0 Å². The van der Waals surface area contributed by atoms with Gasteiger partial charge in [-0.1, -0.05) is 41.4 Å². The van der Waals surface area contributed by atoms with Crippen LogP contribution >= 0.6 is 34.5 Å². The number of nitrogens with zero attached hydrogens (tertiary/aromatic N) is 1. The first-order chi connectivity index (χ1) is 12.6. The Balaban J connectivity index is 1.73. The predicted octanol–water partition coefficient (Wildman–Crippen LogP) is 5.45. The Bertz CT molecular complexity index is 927. The number of rotatable bonds is 6. The summed E-state index contributed by atoms with van der Waals surface area (Å²) in [5, 5.41) is 6.42. The lowest BCUT2D eigenvalue weighted by molar-refractivity contribution is 0.0951. The molecule has 7 heteroatoms. The molecule has 0 saturated heterocycles. The van der Waals surface area contributed by atoms with Crippen LogP contribution < -0.4 is 10.1 Å². The van der Waals surface area contributed by atoms with Gasteiger partial charge in [0, 0.05) is 33.1 Å². The monoisotopic (exact) mass is 406 g/mol. The molecule has 1 amide bonds. The van der Waals surface area contributed by atoms with Crippen molar-refractivity contribution < 1.29 is 9.53 Å². The van der Waals surface area contributed by atoms with E-state index >= 15 is 0 Å². The molecule has 134 valence electrons. The largest absolute Gasteiger partial charge is 0.489 e. The number of carbonyl (C=O) groups excluding carboxylic acids is 1. The maximum atomic E-state index is 11.9. The van der Waals surface area contributed by atoms with Gasteiger partial charge < -0.3 is 10.1 Å². The Labute approximate surface area is 165 Å². The van der Waals surface area contributed by atoms with Crippen LogP contribution in [-0.2, 0) is 6.61 Å². The number of hydrogen-bond acceptors (Lipinski definition) is 4. The standard InChI is InChI=1S/C19H16Cl2N2O2S/c1-2-22-18(24)17-11-26-19(23-17)12-4-3-5-15(8-12)25-10-13-6-7-14(20)9-16(13)21/h3-9,11H,2,10H2,1H3,(H,22,24). The molecule has 0 bridgehead atoms. The number of thiazole rings is 1. The zero-order valence-electron chi connectivity index (χ0n) is 14.0. The minimum Gasteiger partial charge on any atom is -0.489 e. The highest BCUT2D eigenvalue weighted by molar-refractivity contribution is 7.13. The van der Waals surface area contributed by atoms with Crippen molar-refractivity contribution in [3.8, 4) is 16.3 Å². The Morgan fingerprint density at radius 1 is 1.23 bits per heavy atom. The summed E-state index contributed by atoms with van der Waals surface area (Å²) >= 11 is 13.5. The molecule has 3 rings (SSSR count). The van der Waals surface area contributed by atoms with Gasteiger partial charge in [-0.15, -0.1) is 11.3 Å². The topological polar surface area (TPSA) is 51.2 Å². The molecular weight excluding hydrogens is 391 g/mol. The van der Waals surface area contributed by atoms with Crippen LogP contribution in [0.2, 0.25) is 10.0 Å². The zero-order valence-corrected chi connectivity index (χ0v) is 16.3. The fourth-order valence-electron chi connectivity index (χ4n) is 2.28. The molecule has 1 aromatic heterocycles. The molecule has 0 fully saturated rings. The van der Waals surface area contributed by atoms with Gasteiger partial charge in [-0.3, -0.25) is 4.79 Å². The molecule has 0 radical (unpaired) electrons. The van der Waals surface area contributed by atoms with Gasteiger partial charge in [-0.2, -0.15) is 0 Å². The number of aromatic nitrogens is 1. The maximum Gasteiger partial charge on any atom is 0.270 e. The summed E-state index contributed by atoms with van der Waals surface area (Å²) in [5.41, 5.74) is 2.17. The Kier molecular flexibility index (Phi) is 6.14. The second-order valence-corrected chi connectivity index (χ2v) is 7.15. The highest BCUT2D eigenvalue weighted by Crippen LogP contribution is 2.28. The molecule has 2 aromatic carbocycles. The van der Waals surface area contributed by atoms with Gasteiger partial charge in [0.15, 0.2) is 0 Å². The number of amides is 1. The van der Waals surface area contributed by atoms with Gasteiger partial charge in [0.1, 0.15) is 23.1 Å². The molecule has 4 nitrogen and oxygen atoms in total. The SMILES string of the molecule is CCNC(=O)c1csc(-c2cccc(OCc3ccc(Cl)cc3Cl)c2)n1. The second kappa shape index (κ2) is 8.54. The molecule has 0 spiro atoms. The van der Waals surface area contributed by atoms with Gasteiger partial charge in [0.2, 0.25) is 0 Å². The lowest BCUT2D eigenvalue weighted by atomic mass is 10.2. The molecule has 26 heavy (non-hydrogen) atoms. The van der Waals surface area contributed by atoms with Crippen LogP contribution in [0.1, 0.15) is 23.0 Å². The summed E-state index contributed by atoms with van der Waals surface area (Å²) in [7, 11) is 0. The molecule has 1 heterocycles. The van der Waals surface area contributed by atoms with Crippen molar-refractivity contribution in [2.24, 2.45) is 0 Å². The summed E-state index contributed by atoms with van der Waals surface area (Å²) in [4.78, 5) is 16.3. The summed E-state index contributed by atoms with van der Waals surface area (Å²) in [5.74, 6) is 0.531. The highest BCUT2D eigenvalue weighted by Gasteiger charge is 2.11. The lowest BCUT2D eigenvalue weighted by Crippen LogP contribution is -2.22. The van der Waals surface area contributed by atoms with Crippen LogP contribution in [0.5, 0.6) is 5.75 Å². The number of benzene rings is 2. The Morgan fingerprint density at radius 2 is 2.08 bits per heavy atom. The Morgan fingerprint density at radius 3 is 2.85 bits per heavy atom. The van der Waals surface area contributed by atoms with Crippen molar-refractivity contribution in [3.63, 3.8) is 0 Å². The molecule has 0 atom stereocenters. The van der Waals surface area contributed by atoms with Crippen molar-refractivity contribution in [2.75, 3.05) is 6.54 Å². The predicted molar refractivity (Wildman–Crippen MR) is 106 cm³/mol. The van der Waals surface area contributed by atoms with Crippen LogP contribution in [0.25, 0.3) is 10.6 Å². The van der Waals surface area contributed by atoms with Gasteiger partial charge in [-0.25, -0.2) is 4.98 Å². The quantitative estimate of drug-likeness (QED) is 0.592. The third kappa shape index (κ3) is 4.55. The van der Waals surface area contributed by atoms with Crippen molar-refractivity contribution in [1.82, 2.24) is 10.3 Å². The second-order valence-electron chi connectivity index (χ2n) is 5.45. The number of nitrogens with one attached hydrogen (secondary N) is 1. The normalized spacial score (nSPS) is 10.6.